The van der Waals surface area contributed by atoms with Crippen LogP contribution in [0.4, 0.5) is 0 Å². The third-order valence-electron chi connectivity index (χ3n) is 2.15. The van der Waals surface area contributed by atoms with E-state index < -0.39 is 0 Å². The van der Waals surface area contributed by atoms with E-state index >= 15 is 0 Å². The summed E-state index contributed by atoms with van der Waals surface area (Å²) in [7, 11) is 0. The second kappa shape index (κ2) is 9.22. The first-order valence-corrected chi connectivity index (χ1v) is 5.58. The van der Waals surface area contributed by atoms with Crippen LogP contribution in [-0.4, -0.2) is 25.8 Å². The van der Waals surface area contributed by atoms with Crippen molar-refractivity contribution in [3.63, 3.8) is 0 Å². The minimum absolute atomic E-state index is 0.602. The van der Waals surface area contributed by atoms with Gasteiger partial charge in [-0.3, -0.25) is 0 Å². The van der Waals surface area contributed by atoms with Crippen LogP contribution in [0.3, 0.4) is 0 Å². The van der Waals surface area contributed by atoms with Crippen molar-refractivity contribution in [2.45, 2.75) is 39.7 Å². The minimum atomic E-state index is 0.602. The monoisotopic (exact) mass is 199 g/mol. The Morgan fingerprint density at radius 2 is 2.00 bits per heavy atom. The summed E-state index contributed by atoms with van der Waals surface area (Å²) in [6, 6.07) is 0.602. The third kappa shape index (κ3) is 9.75. The van der Waals surface area contributed by atoms with Gasteiger partial charge in [-0.15, -0.1) is 6.58 Å². The summed E-state index contributed by atoms with van der Waals surface area (Å²) in [5.74, 6) is 0.802. The molecule has 0 aliphatic carbocycles. The SMILES string of the molecule is C=CCOCCNC(C)CCC(C)C. The van der Waals surface area contributed by atoms with Crippen molar-refractivity contribution < 1.29 is 4.74 Å². The zero-order valence-corrected chi connectivity index (χ0v) is 9.88. The van der Waals surface area contributed by atoms with Crippen molar-refractivity contribution in [3.05, 3.63) is 12.7 Å². The van der Waals surface area contributed by atoms with Crippen LogP contribution in [0, 0.1) is 5.92 Å². The highest BCUT2D eigenvalue weighted by molar-refractivity contribution is 4.65. The summed E-state index contributed by atoms with van der Waals surface area (Å²) in [5, 5.41) is 3.44. The van der Waals surface area contributed by atoms with E-state index in [1.165, 1.54) is 12.8 Å². The zero-order chi connectivity index (χ0) is 10.8. The fourth-order valence-corrected chi connectivity index (χ4v) is 1.23. The molecule has 14 heavy (non-hydrogen) atoms. The molecule has 2 nitrogen and oxygen atoms in total. The Morgan fingerprint density at radius 3 is 2.57 bits per heavy atom. The van der Waals surface area contributed by atoms with Gasteiger partial charge in [-0.1, -0.05) is 19.9 Å². The predicted octanol–water partition coefficient (Wildman–Crippen LogP) is 2.60. The molecule has 1 unspecified atom stereocenters. The molecule has 0 spiro atoms. The molecule has 1 atom stereocenters. The van der Waals surface area contributed by atoms with E-state index in [1.54, 1.807) is 6.08 Å². The molecule has 2 heteroatoms. The molecule has 0 radical (unpaired) electrons. The fraction of sp³-hybridized carbons (Fsp3) is 0.833. The summed E-state index contributed by atoms with van der Waals surface area (Å²) < 4.78 is 5.28. The number of ether oxygens (including phenoxy) is 1. The molecule has 0 aromatic heterocycles. The topological polar surface area (TPSA) is 21.3 Å². The Morgan fingerprint density at radius 1 is 1.29 bits per heavy atom. The second-order valence-corrected chi connectivity index (χ2v) is 4.19. The molecule has 0 saturated heterocycles. The van der Waals surface area contributed by atoms with E-state index in [9.17, 15) is 0 Å². The van der Waals surface area contributed by atoms with E-state index in [1.807, 2.05) is 0 Å². The lowest BCUT2D eigenvalue weighted by atomic mass is 10.0. The van der Waals surface area contributed by atoms with E-state index in [2.05, 4.69) is 32.7 Å². The lowest BCUT2D eigenvalue weighted by molar-refractivity contribution is 0.161. The Kier molecular flexibility index (Phi) is 9.00. The summed E-state index contributed by atoms with van der Waals surface area (Å²) in [4.78, 5) is 0. The van der Waals surface area contributed by atoms with Gasteiger partial charge in [0.15, 0.2) is 0 Å². The van der Waals surface area contributed by atoms with Crippen molar-refractivity contribution in [2.24, 2.45) is 5.92 Å². The first-order chi connectivity index (χ1) is 6.66. The summed E-state index contributed by atoms with van der Waals surface area (Å²) >= 11 is 0. The molecule has 0 aromatic rings. The van der Waals surface area contributed by atoms with Crippen molar-refractivity contribution >= 4 is 0 Å². The quantitative estimate of drug-likeness (QED) is 0.455. The maximum Gasteiger partial charge on any atom is 0.0645 e. The Hall–Kier alpha value is -0.340. The summed E-state index contributed by atoms with van der Waals surface area (Å²) in [6.07, 6.45) is 4.32. The molecule has 0 heterocycles. The van der Waals surface area contributed by atoms with Gasteiger partial charge in [0.1, 0.15) is 0 Å². The highest BCUT2D eigenvalue weighted by Crippen LogP contribution is 2.05. The third-order valence-corrected chi connectivity index (χ3v) is 2.15. The van der Waals surface area contributed by atoms with Gasteiger partial charge < -0.3 is 10.1 Å². The Bertz CT molecular complexity index is 134. The molecular weight excluding hydrogens is 174 g/mol. The van der Waals surface area contributed by atoms with Crippen molar-refractivity contribution in [1.82, 2.24) is 5.32 Å². The largest absolute Gasteiger partial charge is 0.376 e. The molecule has 0 aliphatic rings. The minimum Gasteiger partial charge on any atom is -0.376 e. The van der Waals surface area contributed by atoms with Crippen LogP contribution in [0.2, 0.25) is 0 Å². The van der Waals surface area contributed by atoms with Crippen LogP contribution < -0.4 is 5.32 Å². The first-order valence-electron chi connectivity index (χ1n) is 5.58. The van der Waals surface area contributed by atoms with Crippen molar-refractivity contribution in [1.29, 1.82) is 0 Å². The number of nitrogens with one attached hydrogen (secondary N) is 1. The predicted molar refractivity (Wildman–Crippen MR) is 62.6 cm³/mol. The summed E-state index contributed by atoms with van der Waals surface area (Å²) in [5.41, 5.74) is 0. The van der Waals surface area contributed by atoms with Gasteiger partial charge in [0.05, 0.1) is 13.2 Å². The highest BCUT2D eigenvalue weighted by atomic mass is 16.5. The molecule has 0 rings (SSSR count). The molecule has 0 amide bonds. The van der Waals surface area contributed by atoms with Crippen LogP contribution in [0.15, 0.2) is 12.7 Å². The standard InChI is InChI=1S/C12H25NO/c1-5-9-14-10-8-13-12(4)7-6-11(2)3/h5,11-13H,1,6-10H2,2-4H3. The lowest BCUT2D eigenvalue weighted by Crippen LogP contribution is -2.29. The van der Waals surface area contributed by atoms with Crippen molar-refractivity contribution in [2.75, 3.05) is 19.8 Å². The normalized spacial score (nSPS) is 13.1. The van der Waals surface area contributed by atoms with Crippen LogP contribution in [-0.2, 0) is 4.74 Å². The van der Waals surface area contributed by atoms with Crippen molar-refractivity contribution in [3.8, 4) is 0 Å². The Labute approximate surface area is 88.7 Å². The first kappa shape index (κ1) is 13.7. The van der Waals surface area contributed by atoms with Gasteiger partial charge in [0.2, 0.25) is 0 Å². The van der Waals surface area contributed by atoms with Gasteiger partial charge in [-0.2, -0.15) is 0 Å². The van der Waals surface area contributed by atoms with E-state index in [0.717, 1.165) is 19.1 Å². The maximum atomic E-state index is 5.28. The van der Waals surface area contributed by atoms with E-state index in [-0.39, 0.29) is 0 Å². The molecule has 0 fully saturated rings. The van der Waals surface area contributed by atoms with Crippen LogP contribution in [0.1, 0.15) is 33.6 Å². The Balaban J connectivity index is 3.17. The van der Waals surface area contributed by atoms with Crippen LogP contribution >= 0.6 is 0 Å². The van der Waals surface area contributed by atoms with Gasteiger partial charge in [-0.25, -0.2) is 0 Å². The van der Waals surface area contributed by atoms with Gasteiger partial charge >= 0.3 is 0 Å². The highest BCUT2D eigenvalue weighted by Gasteiger charge is 2.01. The average Bonchev–Trinajstić information content (AvgIpc) is 2.14. The van der Waals surface area contributed by atoms with Gasteiger partial charge in [-0.05, 0) is 25.7 Å². The molecule has 84 valence electrons. The lowest BCUT2D eigenvalue weighted by Gasteiger charge is -2.14. The van der Waals surface area contributed by atoms with Crippen LogP contribution in [0.5, 0.6) is 0 Å². The number of hydrogen-bond donors (Lipinski definition) is 1. The summed E-state index contributed by atoms with van der Waals surface area (Å²) in [6.45, 7) is 12.7. The molecule has 0 aliphatic heterocycles. The number of rotatable bonds is 9. The smallest absolute Gasteiger partial charge is 0.0645 e. The van der Waals surface area contributed by atoms with E-state index in [4.69, 9.17) is 4.74 Å². The van der Waals surface area contributed by atoms with E-state index in [0.29, 0.717) is 12.6 Å². The van der Waals surface area contributed by atoms with Gasteiger partial charge in [0.25, 0.3) is 0 Å². The molecule has 1 N–H and O–H groups in total. The molecule has 0 aromatic carbocycles. The number of hydrogen-bond acceptors (Lipinski definition) is 2. The zero-order valence-electron chi connectivity index (χ0n) is 9.88. The van der Waals surface area contributed by atoms with Gasteiger partial charge in [0, 0.05) is 12.6 Å². The second-order valence-electron chi connectivity index (χ2n) is 4.19. The fourth-order valence-electron chi connectivity index (χ4n) is 1.23. The molecular formula is C12H25NO. The maximum absolute atomic E-state index is 5.28. The molecule has 0 saturated carbocycles. The average molecular weight is 199 g/mol. The molecule has 0 bridgehead atoms. The van der Waals surface area contributed by atoms with Crippen LogP contribution in [0.25, 0.3) is 0 Å².